The average molecular weight is 206 g/mol. The maximum atomic E-state index is 9.93. The zero-order chi connectivity index (χ0) is 11.5. The van der Waals surface area contributed by atoms with Gasteiger partial charge in [0, 0.05) is 0 Å². The van der Waals surface area contributed by atoms with Gasteiger partial charge in [-0.15, -0.1) is 0 Å². The van der Waals surface area contributed by atoms with Crippen LogP contribution in [-0.4, -0.2) is 5.11 Å². The van der Waals surface area contributed by atoms with E-state index in [-0.39, 0.29) is 5.41 Å². The molecule has 0 spiro atoms. The van der Waals surface area contributed by atoms with Crippen molar-refractivity contribution in [2.45, 2.75) is 52.4 Å². The standard InChI is InChI=1S/C14H22O/c1-5-6-7-11-8-9-12(13(15)10-11)14(2,3)4/h8-10,15H,5-7H2,1-4H3. The Balaban J connectivity index is 2.89. The van der Waals surface area contributed by atoms with Gasteiger partial charge in [0.25, 0.3) is 0 Å². The van der Waals surface area contributed by atoms with Crippen LogP contribution in [0.2, 0.25) is 0 Å². The van der Waals surface area contributed by atoms with Gasteiger partial charge in [-0.2, -0.15) is 0 Å². The summed E-state index contributed by atoms with van der Waals surface area (Å²) >= 11 is 0. The van der Waals surface area contributed by atoms with Gasteiger partial charge in [0.15, 0.2) is 0 Å². The molecule has 0 radical (unpaired) electrons. The van der Waals surface area contributed by atoms with Gasteiger partial charge >= 0.3 is 0 Å². The van der Waals surface area contributed by atoms with Gasteiger partial charge in [-0.3, -0.25) is 0 Å². The predicted molar refractivity (Wildman–Crippen MR) is 65.4 cm³/mol. The summed E-state index contributed by atoms with van der Waals surface area (Å²) in [4.78, 5) is 0. The molecule has 1 N–H and O–H groups in total. The van der Waals surface area contributed by atoms with Crippen molar-refractivity contribution in [2.24, 2.45) is 0 Å². The van der Waals surface area contributed by atoms with Crippen LogP contribution in [0.4, 0.5) is 0 Å². The molecule has 0 aromatic heterocycles. The molecule has 0 aliphatic carbocycles. The fraction of sp³-hybridized carbons (Fsp3) is 0.571. The first-order chi connectivity index (χ1) is 6.95. The van der Waals surface area contributed by atoms with E-state index in [9.17, 15) is 5.11 Å². The smallest absolute Gasteiger partial charge is 0.119 e. The number of hydrogen-bond acceptors (Lipinski definition) is 1. The second-order valence-electron chi connectivity index (χ2n) is 5.21. The van der Waals surface area contributed by atoms with E-state index in [1.54, 1.807) is 0 Å². The number of rotatable bonds is 3. The van der Waals surface area contributed by atoms with Crippen molar-refractivity contribution in [2.75, 3.05) is 0 Å². The highest BCUT2D eigenvalue weighted by Gasteiger charge is 2.17. The molecular formula is C14H22O. The van der Waals surface area contributed by atoms with E-state index in [1.165, 1.54) is 18.4 Å². The molecule has 1 nitrogen and oxygen atoms in total. The van der Waals surface area contributed by atoms with Gasteiger partial charge in [-0.1, -0.05) is 46.2 Å². The van der Waals surface area contributed by atoms with Crippen molar-refractivity contribution in [1.82, 2.24) is 0 Å². The van der Waals surface area contributed by atoms with Gasteiger partial charge in [0.2, 0.25) is 0 Å². The van der Waals surface area contributed by atoms with Crippen LogP contribution < -0.4 is 0 Å². The summed E-state index contributed by atoms with van der Waals surface area (Å²) in [6.07, 6.45) is 3.45. The Hall–Kier alpha value is -0.980. The SMILES string of the molecule is CCCCc1ccc(C(C)(C)C)c(O)c1. The first-order valence-electron chi connectivity index (χ1n) is 5.77. The van der Waals surface area contributed by atoms with Gasteiger partial charge in [0.05, 0.1) is 0 Å². The summed E-state index contributed by atoms with van der Waals surface area (Å²) in [7, 11) is 0. The molecule has 0 atom stereocenters. The lowest BCUT2D eigenvalue weighted by molar-refractivity contribution is 0.446. The molecule has 84 valence electrons. The second-order valence-corrected chi connectivity index (χ2v) is 5.21. The van der Waals surface area contributed by atoms with Gasteiger partial charge in [-0.25, -0.2) is 0 Å². The van der Waals surface area contributed by atoms with Crippen molar-refractivity contribution >= 4 is 0 Å². The topological polar surface area (TPSA) is 20.2 Å². The molecule has 0 saturated heterocycles. The number of aromatic hydroxyl groups is 1. The molecule has 0 fully saturated rings. The molecular weight excluding hydrogens is 184 g/mol. The van der Waals surface area contributed by atoms with Crippen LogP contribution in [0.3, 0.4) is 0 Å². The first-order valence-corrected chi connectivity index (χ1v) is 5.77. The first kappa shape index (κ1) is 12.1. The van der Waals surface area contributed by atoms with E-state index in [2.05, 4.69) is 39.8 Å². The van der Waals surface area contributed by atoms with Crippen LogP contribution in [0.5, 0.6) is 5.75 Å². The number of hydrogen-bond donors (Lipinski definition) is 1. The Morgan fingerprint density at radius 1 is 1.20 bits per heavy atom. The quantitative estimate of drug-likeness (QED) is 0.791. The van der Waals surface area contributed by atoms with Crippen LogP contribution in [0.1, 0.15) is 51.7 Å². The number of aryl methyl sites for hydroxylation is 1. The highest BCUT2D eigenvalue weighted by atomic mass is 16.3. The molecule has 0 aliphatic rings. The zero-order valence-corrected chi connectivity index (χ0v) is 10.3. The summed E-state index contributed by atoms with van der Waals surface area (Å²) in [5.41, 5.74) is 2.29. The molecule has 15 heavy (non-hydrogen) atoms. The van der Waals surface area contributed by atoms with E-state index < -0.39 is 0 Å². The molecule has 0 amide bonds. The van der Waals surface area contributed by atoms with E-state index in [4.69, 9.17) is 0 Å². The van der Waals surface area contributed by atoms with Crippen LogP contribution >= 0.6 is 0 Å². The van der Waals surface area contributed by atoms with Crippen molar-refractivity contribution in [3.05, 3.63) is 29.3 Å². The molecule has 1 heteroatoms. The van der Waals surface area contributed by atoms with Crippen LogP contribution in [0, 0.1) is 0 Å². The molecule has 0 saturated carbocycles. The fourth-order valence-corrected chi connectivity index (χ4v) is 1.75. The summed E-state index contributed by atoms with van der Waals surface area (Å²) in [6, 6.07) is 6.10. The summed E-state index contributed by atoms with van der Waals surface area (Å²) in [6.45, 7) is 8.54. The molecule has 0 unspecified atom stereocenters. The van der Waals surface area contributed by atoms with Crippen molar-refractivity contribution in [1.29, 1.82) is 0 Å². The third kappa shape index (κ3) is 3.26. The average Bonchev–Trinajstić information content (AvgIpc) is 2.12. The third-order valence-corrected chi connectivity index (χ3v) is 2.69. The van der Waals surface area contributed by atoms with Crippen molar-refractivity contribution < 1.29 is 5.11 Å². The summed E-state index contributed by atoms with van der Waals surface area (Å²) < 4.78 is 0. The lowest BCUT2D eigenvalue weighted by atomic mass is 9.85. The largest absolute Gasteiger partial charge is 0.508 e. The Bertz CT molecular complexity index is 321. The minimum atomic E-state index is 0.0212. The minimum Gasteiger partial charge on any atom is -0.508 e. The Labute approximate surface area is 93.1 Å². The molecule has 1 aromatic rings. The van der Waals surface area contributed by atoms with Gasteiger partial charge < -0.3 is 5.11 Å². The summed E-state index contributed by atoms with van der Waals surface area (Å²) in [5.74, 6) is 0.441. The molecule has 0 bridgehead atoms. The van der Waals surface area contributed by atoms with Gasteiger partial charge in [0.1, 0.15) is 5.75 Å². The van der Waals surface area contributed by atoms with Crippen molar-refractivity contribution in [3.63, 3.8) is 0 Å². The highest BCUT2D eigenvalue weighted by molar-refractivity contribution is 5.40. The van der Waals surface area contributed by atoms with Gasteiger partial charge in [-0.05, 0) is 35.4 Å². The normalized spacial score (nSPS) is 11.7. The number of benzene rings is 1. The molecule has 1 aromatic carbocycles. The predicted octanol–water partition coefficient (Wildman–Crippen LogP) is 4.03. The monoisotopic (exact) mass is 206 g/mol. The Morgan fingerprint density at radius 3 is 2.33 bits per heavy atom. The third-order valence-electron chi connectivity index (χ3n) is 2.69. The van der Waals surface area contributed by atoms with Crippen LogP contribution in [-0.2, 0) is 11.8 Å². The fourth-order valence-electron chi connectivity index (χ4n) is 1.75. The molecule has 0 aliphatic heterocycles. The van der Waals surface area contributed by atoms with E-state index in [0.717, 1.165) is 12.0 Å². The van der Waals surface area contributed by atoms with Crippen molar-refractivity contribution in [3.8, 4) is 5.75 Å². The van der Waals surface area contributed by atoms with Crippen LogP contribution in [0.25, 0.3) is 0 Å². The number of phenols is 1. The maximum Gasteiger partial charge on any atom is 0.119 e. The minimum absolute atomic E-state index is 0.0212. The lowest BCUT2D eigenvalue weighted by Crippen LogP contribution is -2.11. The zero-order valence-electron chi connectivity index (χ0n) is 10.3. The molecule has 0 heterocycles. The second kappa shape index (κ2) is 4.69. The Kier molecular flexibility index (Phi) is 3.78. The summed E-state index contributed by atoms with van der Waals surface area (Å²) in [5, 5.41) is 9.93. The highest BCUT2D eigenvalue weighted by Crippen LogP contribution is 2.31. The lowest BCUT2D eigenvalue weighted by Gasteiger charge is -2.20. The molecule has 1 rings (SSSR count). The Morgan fingerprint density at radius 2 is 1.87 bits per heavy atom. The van der Waals surface area contributed by atoms with E-state index in [0.29, 0.717) is 5.75 Å². The number of phenolic OH excluding ortho intramolecular Hbond substituents is 1. The number of unbranched alkanes of at least 4 members (excludes halogenated alkanes) is 1. The van der Waals surface area contributed by atoms with E-state index in [1.807, 2.05) is 6.07 Å². The van der Waals surface area contributed by atoms with Crippen LogP contribution in [0.15, 0.2) is 18.2 Å². The van der Waals surface area contributed by atoms with E-state index >= 15 is 0 Å². The maximum absolute atomic E-state index is 9.93.